The van der Waals surface area contributed by atoms with Crippen molar-refractivity contribution < 1.29 is 9.90 Å². The maximum atomic E-state index is 12.4. The molecule has 108 valence electrons. The van der Waals surface area contributed by atoms with Gasteiger partial charge in [0.2, 0.25) is 0 Å². The van der Waals surface area contributed by atoms with Crippen LogP contribution in [0.2, 0.25) is 0 Å². The van der Waals surface area contributed by atoms with Crippen LogP contribution in [0, 0.1) is 5.41 Å². The van der Waals surface area contributed by atoms with Crippen LogP contribution in [-0.4, -0.2) is 29.0 Å². The number of hydrogen-bond acceptors (Lipinski definition) is 2. The first kappa shape index (κ1) is 13.5. The topological polar surface area (TPSA) is 40.5 Å². The van der Waals surface area contributed by atoms with Gasteiger partial charge in [0, 0.05) is 18.7 Å². The number of likely N-dealkylation sites (tertiary alicyclic amines) is 1. The van der Waals surface area contributed by atoms with Crippen molar-refractivity contribution >= 4 is 5.91 Å². The maximum absolute atomic E-state index is 12.4. The Morgan fingerprint density at radius 3 is 2.15 bits per heavy atom. The highest BCUT2D eigenvalue weighted by molar-refractivity contribution is 5.94. The van der Waals surface area contributed by atoms with Crippen LogP contribution in [0.1, 0.15) is 55.3 Å². The second-order valence-electron chi connectivity index (χ2n) is 6.40. The minimum Gasteiger partial charge on any atom is -0.508 e. The van der Waals surface area contributed by atoms with Crippen LogP contribution in [0.5, 0.6) is 5.75 Å². The van der Waals surface area contributed by atoms with Gasteiger partial charge in [-0.1, -0.05) is 19.3 Å². The Hall–Kier alpha value is -1.51. The van der Waals surface area contributed by atoms with E-state index >= 15 is 0 Å². The van der Waals surface area contributed by atoms with Crippen LogP contribution in [0.25, 0.3) is 0 Å². The molecule has 2 aliphatic rings. The van der Waals surface area contributed by atoms with E-state index in [4.69, 9.17) is 0 Å². The number of aromatic hydroxyl groups is 1. The third-order valence-corrected chi connectivity index (χ3v) is 5.14. The highest BCUT2D eigenvalue weighted by Gasteiger charge is 2.36. The summed E-state index contributed by atoms with van der Waals surface area (Å²) in [6.07, 6.45) is 9.16. The van der Waals surface area contributed by atoms with E-state index < -0.39 is 0 Å². The van der Waals surface area contributed by atoms with Gasteiger partial charge in [0.05, 0.1) is 0 Å². The number of carbonyl (C=O) groups excluding carboxylic acids is 1. The Kier molecular flexibility index (Phi) is 3.68. The van der Waals surface area contributed by atoms with Crippen LogP contribution >= 0.6 is 0 Å². The summed E-state index contributed by atoms with van der Waals surface area (Å²) in [5.41, 5.74) is 1.21. The van der Waals surface area contributed by atoms with E-state index in [0.29, 0.717) is 11.0 Å². The largest absolute Gasteiger partial charge is 0.508 e. The molecule has 0 atom stereocenters. The summed E-state index contributed by atoms with van der Waals surface area (Å²) in [4.78, 5) is 14.4. The van der Waals surface area contributed by atoms with Gasteiger partial charge in [0.15, 0.2) is 0 Å². The molecular formula is C17H23NO2. The zero-order valence-corrected chi connectivity index (χ0v) is 12.0. The van der Waals surface area contributed by atoms with Crippen LogP contribution in [0.4, 0.5) is 0 Å². The molecule has 1 aliphatic carbocycles. The van der Waals surface area contributed by atoms with Gasteiger partial charge in [-0.25, -0.2) is 0 Å². The lowest BCUT2D eigenvalue weighted by atomic mass is 9.68. The highest BCUT2D eigenvalue weighted by atomic mass is 16.3. The molecule has 1 aromatic carbocycles. The van der Waals surface area contributed by atoms with E-state index in [-0.39, 0.29) is 11.7 Å². The van der Waals surface area contributed by atoms with Crippen molar-refractivity contribution in [2.45, 2.75) is 44.9 Å². The number of piperidine rings is 1. The first-order chi connectivity index (χ1) is 9.69. The molecule has 2 fully saturated rings. The lowest BCUT2D eigenvalue weighted by Crippen LogP contribution is -2.43. The van der Waals surface area contributed by atoms with E-state index in [2.05, 4.69) is 0 Å². The van der Waals surface area contributed by atoms with Crippen molar-refractivity contribution in [1.82, 2.24) is 4.90 Å². The fourth-order valence-corrected chi connectivity index (χ4v) is 3.77. The summed E-state index contributed by atoms with van der Waals surface area (Å²) in [5, 5.41) is 9.29. The Morgan fingerprint density at radius 2 is 1.55 bits per heavy atom. The van der Waals surface area contributed by atoms with E-state index in [1.807, 2.05) is 4.90 Å². The number of phenolic OH excluding ortho intramolecular Hbond substituents is 1. The zero-order valence-electron chi connectivity index (χ0n) is 12.0. The van der Waals surface area contributed by atoms with Crippen molar-refractivity contribution in [2.75, 3.05) is 13.1 Å². The number of hydrogen-bond donors (Lipinski definition) is 1. The number of carbonyl (C=O) groups is 1. The standard InChI is InChI=1S/C17H23NO2/c19-15-6-4-14(5-7-15)16(20)18-12-10-17(11-13-18)8-2-1-3-9-17/h4-7,19H,1-3,8-13H2. The zero-order chi connectivity index (χ0) is 14.0. The molecule has 3 heteroatoms. The summed E-state index contributed by atoms with van der Waals surface area (Å²) in [5.74, 6) is 0.317. The molecule has 0 radical (unpaired) electrons. The summed E-state index contributed by atoms with van der Waals surface area (Å²) >= 11 is 0. The summed E-state index contributed by atoms with van der Waals surface area (Å²) < 4.78 is 0. The number of benzene rings is 1. The van der Waals surface area contributed by atoms with Crippen LogP contribution < -0.4 is 0 Å². The predicted octanol–water partition coefficient (Wildman–Crippen LogP) is 3.58. The van der Waals surface area contributed by atoms with Gasteiger partial charge in [0.25, 0.3) is 5.91 Å². The first-order valence-electron chi connectivity index (χ1n) is 7.77. The Bertz CT molecular complexity index is 464. The average Bonchev–Trinajstić information content (AvgIpc) is 2.49. The molecule has 1 saturated heterocycles. The van der Waals surface area contributed by atoms with Crippen molar-refractivity contribution in [3.8, 4) is 5.75 Å². The van der Waals surface area contributed by atoms with Gasteiger partial charge in [0.1, 0.15) is 5.75 Å². The molecule has 1 aliphatic heterocycles. The Balaban J connectivity index is 1.62. The second kappa shape index (κ2) is 5.47. The van der Waals surface area contributed by atoms with Gasteiger partial charge in [-0.15, -0.1) is 0 Å². The smallest absolute Gasteiger partial charge is 0.253 e. The summed E-state index contributed by atoms with van der Waals surface area (Å²) in [7, 11) is 0. The van der Waals surface area contributed by atoms with Crippen molar-refractivity contribution in [1.29, 1.82) is 0 Å². The lowest BCUT2D eigenvalue weighted by molar-refractivity contribution is 0.0472. The minimum atomic E-state index is 0.107. The van der Waals surface area contributed by atoms with E-state index in [1.54, 1.807) is 24.3 Å². The van der Waals surface area contributed by atoms with Crippen molar-refractivity contribution in [3.05, 3.63) is 29.8 Å². The quantitative estimate of drug-likeness (QED) is 0.849. The van der Waals surface area contributed by atoms with Gasteiger partial charge in [-0.3, -0.25) is 4.79 Å². The predicted molar refractivity (Wildman–Crippen MR) is 78.8 cm³/mol. The van der Waals surface area contributed by atoms with Gasteiger partial charge in [-0.05, 0) is 55.4 Å². The Labute approximate surface area is 120 Å². The molecule has 3 rings (SSSR count). The monoisotopic (exact) mass is 273 g/mol. The summed E-state index contributed by atoms with van der Waals surface area (Å²) in [6.45, 7) is 1.78. The molecule has 1 amide bonds. The average molecular weight is 273 g/mol. The molecule has 1 saturated carbocycles. The first-order valence-corrected chi connectivity index (χ1v) is 7.77. The molecule has 1 N–H and O–H groups in total. The molecule has 20 heavy (non-hydrogen) atoms. The van der Waals surface area contributed by atoms with Crippen LogP contribution in [0.3, 0.4) is 0 Å². The molecule has 0 unspecified atom stereocenters. The number of amides is 1. The van der Waals surface area contributed by atoms with E-state index in [9.17, 15) is 9.90 Å². The molecule has 0 aromatic heterocycles. The number of nitrogens with zero attached hydrogens (tertiary/aromatic N) is 1. The second-order valence-corrected chi connectivity index (χ2v) is 6.40. The molecule has 1 heterocycles. The van der Waals surface area contributed by atoms with Crippen LogP contribution in [0.15, 0.2) is 24.3 Å². The van der Waals surface area contributed by atoms with E-state index in [0.717, 1.165) is 25.9 Å². The highest BCUT2D eigenvalue weighted by Crippen LogP contribution is 2.44. The molecular weight excluding hydrogens is 250 g/mol. The third kappa shape index (κ3) is 2.67. The van der Waals surface area contributed by atoms with E-state index in [1.165, 1.54) is 32.1 Å². The Morgan fingerprint density at radius 1 is 0.950 bits per heavy atom. The SMILES string of the molecule is O=C(c1ccc(O)cc1)N1CCC2(CCCCC2)CC1. The minimum absolute atomic E-state index is 0.107. The van der Waals surface area contributed by atoms with Gasteiger partial charge >= 0.3 is 0 Å². The molecule has 3 nitrogen and oxygen atoms in total. The lowest BCUT2D eigenvalue weighted by Gasteiger charge is -2.44. The van der Waals surface area contributed by atoms with Crippen molar-refractivity contribution in [3.63, 3.8) is 0 Å². The summed E-state index contributed by atoms with van der Waals surface area (Å²) in [6, 6.07) is 6.59. The van der Waals surface area contributed by atoms with Crippen LogP contribution in [-0.2, 0) is 0 Å². The number of phenols is 1. The fraction of sp³-hybridized carbons (Fsp3) is 0.588. The number of rotatable bonds is 1. The molecule has 0 bridgehead atoms. The molecule has 1 aromatic rings. The molecule has 1 spiro atoms. The fourth-order valence-electron chi connectivity index (χ4n) is 3.77. The van der Waals surface area contributed by atoms with Gasteiger partial charge in [-0.2, -0.15) is 0 Å². The normalized spacial score (nSPS) is 21.9. The third-order valence-electron chi connectivity index (χ3n) is 5.14. The van der Waals surface area contributed by atoms with Gasteiger partial charge < -0.3 is 10.0 Å². The maximum Gasteiger partial charge on any atom is 0.253 e. The van der Waals surface area contributed by atoms with Crippen molar-refractivity contribution in [2.24, 2.45) is 5.41 Å².